The van der Waals surface area contributed by atoms with Gasteiger partial charge < -0.3 is 4.90 Å². The summed E-state index contributed by atoms with van der Waals surface area (Å²) >= 11 is 1.70. The van der Waals surface area contributed by atoms with Gasteiger partial charge in [0.15, 0.2) is 0 Å². The molecule has 6 heteroatoms. The molecule has 3 heterocycles. The van der Waals surface area contributed by atoms with Crippen LogP contribution < -0.4 is 0 Å². The number of aromatic amines is 1. The number of nitrogens with one attached hydrogen (secondary N) is 1. The molecule has 20 heavy (non-hydrogen) atoms. The fourth-order valence-electron chi connectivity index (χ4n) is 2.54. The SMILES string of the molecule is CC(C)c1nc(C(=O)N2CCCC2c2cccs2)n[nH]1. The van der Waals surface area contributed by atoms with E-state index < -0.39 is 0 Å². The number of hydrogen-bond donors (Lipinski definition) is 1. The molecule has 1 fully saturated rings. The number of aromatic nitrogens is 3. The second kappa shape index (κ2) is 5.36. The molecule has 1 atom stereocenters. The first-order chi connectivity index (χ1) is 9.66. The summed E-state index contributed by atoms with van der Waals surface area (Å²) in [6.07, 6.45) is 2.06. The minimum Gasteiger partial charge on any atom is -0.328 e. The van der Waals surface area contributed by atoms with E-state index in [1.54, 1.807) is 11.3 Å². The lowest BCUT2D eigenvalue weighted by Crippen LogP contribution is -2.31. The number of rotatable bonds is 3. The van der Waals surface area contributed by atoms with E-state index in [0.29, 0.717) is 0 Å². The molecule has 1 aliphatic rings. The van der Waals surface area contributed by atoms with Crippen LogP contribution in [0, 0.1) is 0 Å². The van der Waals surface area contributed by atoms with Crippen molar-refractivity contribution in [1.82, 2.24) is 20.1 Å². The summed E-state index contributed by atoms with van der Waals surface area (Å²) in [6.45, 7) is 4.84. The summed E-state index contributed by atoms with van der Waals surface area (Å²) in [4.78, 5) is 20.0. The Morgan fingerprint density at radius 3 is 3.05 bits per heavy atom. The highest BCUT2D eigenvalue weighted by atomic mass is 32.1. The molecular formula is C14H18N4OS. The van der Waals surface area contributed by atoms with E-state index in [-0.39, 0.29) is 23.7 Å². The van der Waals surface area contributed by atoms with Gasteiger partial charge in [0, 0.05) is 17.3 Å². The molecule has 1 saturated heterocycles. The van der Waals surface area contributed by atoms with Gasteiger partial charge >= 0.3 is 0 Å². The van der Waals surface area contributed by atoms with Crippen molar-refractivity contribution >= 4 is 17.2 Å². The number of carbonyl (C=O) groups excluding carboxylic acids is 1. The van der Waals surface area contributed by atoms with Crippen molar-refractivity contribution in [3.05, 3.63) is 34.0 Å². The largest absolute Gasteiger partial charge is 0.328 e. The average Bonchev–Trinajstić information content (AvgIpc) is 3.17. The Bertz CT molecular complexity index is 590. The quantitative estimate of drug-likeness (QED) is 0.945. The zero-order valence-corrected chi connectivity index (χ0v) is 12.5. The Labute approximate surface area is 122 Å². The van der Waals surface area contributed by atoms with Crippen molar-refractivity contribution < 1.29 is 4.79 Å². The molecule has 1 N–H and O–H groups in total. The van der Waals surface area contributed by atoms with Crippen LogP contribution in [-0.4, -0.2) is 32.5 Å². The van der Waals surface area contributed by atoms with Crippen molar-refractivity contribution in [2.24, 2.45) is 0 Å². The minimum atomic E-state index is -0.0657. The molecule has 1 unspecified atom stereocenters. The monoisotopic (exact) mass is 290 g/mol. The van der Waals surface area contributed by atoms with Crippen LogP contribution in [0.1, 0.15) is 60.0 Å². The predicted molar refractivity (Wildman–Crippen MR) is 77.8 cm³/mol. The highest BCUT2D eigenvalue weighted by molar-refractivity contribution is 7.10. The maximum absolute atomic E-state index is 12.6. The first-order valence-electron chi connectivity index (χ1n) is 6.93. The van der Waals surface area contributed by atoms with E-state index in [4.69, 9.17) is 0 Å². The fourth-order valence-corrected chi connectivity index (χ4v) is 3.42. The van der Waals surface area contributed by atoms with E-state index in [1.165, 1.54) is 4.88 Å². The third kappa shape index (κ3) is 2.35. The summed E-state index contributed by atoms with van der Waals surface area (Å²) in [5, 5.41) is 8.98. The first kappa shape index (κ1) is 13.3. The molecule has 3 rings (SSSR count). The van der Waals surface area contributed by atoms with Crippen LogP contribution in [0.2, 0.25) is 0 Å². The summed E-state index contributed by atoms with van der Waals surface area (Å²) in [5.41, 5.74) is 0. The van der Waals surface area contributed by atoms with E-state index >= 15 is 0 Å². The van der Waals surface area contributed by atoms with E-state index in [9.17, 15) is 4.79 Å². The van der Waals surface area contributed by atoms with Gasteiger partial charge in [-0.25, -0.2) is 4.98 Å². The standard InChI is InChI=1S/C14H18N4OS/c1-9(2)12-15-13(17-16-12)14(19)18-7-3-5-10(18)11-6-4-8-20-11/h4,6,8-10H,3,5,7H2,1-2H3,(H,15,16,17). The van der Waals surface area contributed by atoms with E-state index in [2.05, 4.69) is 26.6 Å². The molecule has 0 aromatic carbocycles. The molecule has 0 bridgehead atoms. The van der Waals surface area contributed by atoms with Crippen LogP contribution in [0.4, 0.5) is 0 Å². The lowest BCUT2D eigenvalue weighted by atomic mass is 10.2. The zero-order valence-electron chi connectivity index (χ0n) is 11.7. The third-order valence-corrected chi connectivity index (χ3v) is 4.60. The molecule has 5 nitrogen and oxygen atoms in total. The number of amides is 1. The summed E-state index contributed by atoms with van der Waals surface area (Å²) in [5.74, 6) is 1.23. The molecule has 2 aromatic heterocycles. The van der Waals surface area contributed by atoms with Gasteiger partial charge in [-0.2, -0.15) is 0 Å². The number of likely N-dealkylation sites (tertiary alicyclic amines) is 1. The number of hydrogen-bond acceptors (Lipinski definition) is 4. The van der Waals surface area contributed by atoms with Gasteiger partial charge in [0.1, 0.15) is 5.82 Å². The van der Waals surface area contributed by atoms with Crippen LogP contribution in [0.3, 0.4) is 0 Å². The van der Waals surface area contributed by atoms with Gasteiger partial charge in [-0.1, -0.05) is 19.9 Å². The van der Waals surface area contributed by atoms with Gasteiger partial charge in [0.05, 0.1) is 6.04 Å². The molecule has 0 spiro atoms. The maximum atomic E-state index is 12.6. The van der Waals surface area contributed by atoms with Gasteiger partial charge in [-0.3, -0.25) is 9.89 Å². The Hall–Kier alpha value is -1.69. The Kier molecular flexibility index (Phi) is 3.56. The van der Waals surface area contributed by atoms with Gasteiger partial charge in [0.2, 0.25) is 5.82 Å². The summed E-state index contributed by atoms with van der Waals surface area (Å²) in [7, 11) is 0. The van der Waals surface area contributed by atoms with E-state index in [1.807, 2.05) is 24.8 Å². The summed E-state index contributed by atoms with van der Waals surface area (Å²) < 4.78 is 0. The highest BCUT2D eigenvalue weighted by Crippen LogP contribution is 2.35. The molecule has 0 aliphatic carbocycles. The van der Waals surface area contributed by atoms with Crippen molar-refractivity contribution in [3.63, 3.8) is 0 Å². The van der Waals surface area contributed by atoms with Gasteiger partial charge in [-0.05, 0) is 24.3 Å². The fraction of sp³-hybridized carbons (Fsp3) is 0.500. The first-order valence-corrected chi connectivity index (χ1v) is 7.81. The average molecular weight is 290 g/mol. The van der Waals surface area contributed by atoms with Crippen molar-refractivity contribution in [2.75, 3.05) is 6.54 Å². The van der Waals surface area contributed by atoms with Crippen LogP contribution in [0.15, 0.2) is 17.5 Å². The van der Waals surface area contributed by atoms with Crippen molar-refractivity contribution in [1.29, 1.82) is 0 Å². The second-order valence-electron chi connectivity index (χ2n) is 5.37. The van der Waals surface area contributed by atoms with Crippen molar-refractivity contribution in [3.8, 4) is 0 Å². The Balaban J connectivity index is 1.82. The Morgan fingerprint density at radius 1 is 1.55 bits per heavy atom. The van der Waals surface area contributed by atoms with Crippen LogP contribution in [0.25, 0.3) is 0 Å². The van der Waals surface area contributed by atoms with Crippen LogP contribution in [-0.2, 0) is 0 Å². The third-order valence-electron chi connectivity index (χ3n) is 3.63. The van der Waals surface area contributed by atoms with Gasteiger partial charge in [-0.15, -0.1) is 16.4 Å². The topological polar surface area (TPSA) is 61.9 Å². The maximum Gasteiger partial charge on any atom is 0.294 e. The Morgan fingerprint density at radius 2 is 2.40 bits per heavy atom. The second-order valence-corrected chi connectivity index (χ2v) is 6.35. The smallest absolute Gasteiger partial charge is 0.294 e. The highest BCUT2D eigenvalue weighted by Gasteiger charge is 2.33. The predicted octanol–water partition coefficient (Wildman–Crippen LogP) is 2.97. The lowest BCUT2D eigenvalue weighted by Gasteiger charge is -2.22. The normalized spacial score (nSPS) is 18.9. The molecule has 1 aliphatic heterocycles. The molecule has 0 radical (unpaired) electrons. The van der Waals surface area contributed by atoms with E-state index in [0.717, 1.165) is 25.2 Å². The number of carbonyl (C=O) groups is 1. The molecule has 2 aromatic rings. The zero-order chi connectivity index (χ0) is 14.1. The summed E-state index contributed by atoms with van der Waals surface area (Å²) in [6, 6.07) is 4.31. The van der Waals surface area contributed by atoms with Crippen molar-refractivity contribution in [2.45, 2.75) is 38.6 Å². The molecular weight excluding hydrogens is 272 g/mol. The number of H-pyrrole nitrogens is 1. The molecule has 106 valence electrons. The van der Waals surface area contributed by atoms with Crippen LogP contribution in [0.5, 0.6) is 0 Å². The minimum absolute atomic E-state index is 0.0657. The van der Waals surface area contributed by atoms with Gasteiger partial charge in [0.25, 0.3) is 5.91 Å². The number of thiophene rings is 1. The molecule has 0 saturated carbocycles. The van der Waals surface area contributed by atoms with Crippen LogP contribution >= 0.6 is 11.3 Å². The number of nitrogens with zero attached hydrogens (tertiary/aromatic N) is 3. The lowest BCUT2D eigenvalue weighted by molar-refractivity contribution is 0.0726. The molecule has 1 amide bonds.